The van der Waals surface area contributed by atoms with Crippen LogP contribution in [-0.2, 0) is 13.1 Å². The minimum absolute atomic E-state index is 0.785. The van der Waals surface area contributed by atoms with Gasteiger partial charge in [0.1, 0.15) is 5.82 Å². The number of nitrogens with one attached hydrogen (secondary N) is 1. The highest BCUT2D eigenvalue weighted by atomic mass is 15.2. The molecule has 0 saturated heterocycles. The van der Waals surface area contributed by atoms with Crippen molar-refractivity contribution in [3.63, 3.8) is 0 Å². The molecule has 0 bridgehead atoms. The summed E-state index contributed by atoms with van der Waals surface area (Å²) in [6.07, 6.45) is 1.83. The molecule has 106 valence electrons. The molecule has 20 heavy (non-hydrogen) atoms. The molecule has 1 N–H and O–H groups in total. The van der Waals surface area contributed by atoms with Gasteiger partial charge < -0.3 is 10.2 Å². The second-order valence-electron chi connectivity index (χ2n) is 4.84. The van der Waals surface area contributed by atoms with Gasteiger partial charge in [0.15, 0.2) is 0 Å². The molecule has 0 spiro atoms. The molecule has 0 saturated carbocycles. The monoisotopic (exact) mass is 270 g/mol. The quantitative estimate of drug-likeness (QED) is 0.876. The second kappa shape index (κ2) is 7.01. The maximum atomic E-state index is 4.65. The molecule has 0 aliphatic rings. The molecule has 0 atom stereocenters. The maximum Gasteiger partial charge on any atom is 0.129 e. The van der Waals surface area contributed by atoms with Gasteiger partial charge >= 0.3 is 0 Å². The molecule has 0 amide bonds. The van der Waals surface area contributed by atoms with E-state index in [2.05, 4.69) is 39.2 Å². The third-order valence-corrected chi connectivity index (χ3v) is 3.17. The highest BCUT2D eigenvalue weighted by molar-refractivity contribution is 5.43. The molecule has 4 heteroatoms. The molecule has 0 radical (unpaired) electrons. The Balaban J connectivity index is 2.22. The van der Waals surface area contributed by atoms with Crippen molar-refractivity contribution >= 4 is 5.82 Å². The number of hydrogen-bond donors (Lipinski definition) is 1. The summed E-state index contributed by atoms with van der Waals surface area (Å²) in [6, 6.07) is 10.3. The second-order valence-corrected chi connectivity index (χ2v) is 4.84. The smallest absolute Gasteiger partial charge is 0.129 e. The van der Waals surface area contributed by atoms with Crippen molar-refractivity contribution in [2.24, 2.45) is 0 Å². The van der Waals surface area contributed by atoms with Crippen LogP contribution in [0.4, 0.5) is 5.82 Å². The Bertz CT molecular complexity index is 539. The van der Waals surface area contributed by atoms with E-state index in [-0.39, 0.29) is 0 Å². The molecule has 0 aliphatic heterocycles. The molecule has 2 aromatic rings. The van der Waals surface area contributed by atoms with E-state index < -0.39 is 0 Å². The van der Waals surface area contributed by atoms with E-state index in [0.29, 0.717) is 0 Å². The number of anilines is 1. The van der Waals surface area contributed by atoms with Crippen LogP contribution in [0.2, 0.25) is 0 Å². The van der Waals surface area contributed by atoms with Gasteiger partial charge in [0.25, 0.3) is 0 Å². The standard InChI is InChI=1S/C16H22N4/c1-4-20(12-15-7-5-6-8-18-15)16-10-14(11-17-3)9-13(2)19-16/h5-10,17H,4,11-12H2,1-3H3. The topological polar surface area (TPSA) is 41.1 Å². The zero-order valence-electron chi connectivity index (χ0n) is 12.4. The summed E-state index contributed by atoms with van der Waals surface area (Å²) in [5.74, 6) is 1.02. The number of pyridine rings is 2. The predicted octanol–water partition coefficient (Wildman–Crippen LogP) is 2.53. The van der Waals surface area contributed by atoms with Gasteiger partial charge in [-0.05, 0) is 50.7 Å². The van der Waals surface area contributed by atoms with E-state index >= 15 is 0 Å². The van der Waals surface area contributed by atoms with Crippen LogP contribution in [0.3, 0.4) is 0 Å². The lowest BCUT2D eigenvalue weighted by Crippen LogP contribution is -2.24. The van der Waals surface area contributed by atoms with Crippen molar-refractivity contribution in [2.45, 2.75) is 26.9 Å². The largest absolute Gasteiger partial charge is 0.351 e. The molecule has 0 aliphatic carbocycles. The summed E-state index contributed by atoms with van der Waals surface area (Å²) in [7, 11) is 1.96. The highest BCUT2D eigenvalue weighted by Crippen LogP contribution is 2.17. The summed E-state index contributed by atoms with van der Waals surface area (Å²) in [5, 5.41) is 3.19. The number of aromatic nitrogens is 2. The zero-order chi connectivity index (χ0) is 14.4. The van der Waals surface area contributed by atoms with Crippen LogP contribution in [-0.4, -0.2) is 23.6 Å². The number of hydrogen-bond acceptors (Lipinski definition) is 4. The fraction of sp³-hybridized carbons (Fsp3) is 0.375. The average Bonchev–Trinajstić information content (AvgIpc) is 2.45. The van der Waals surface area contributed by atoms with E-state index in [1.165, 1.54) is 5.56 Å². The first-order valence-corrected chi connectivity index (χ1v) is 7.00. The molecular formula is C16H22N4. The van der Waals surface area contributed by atoms with Gasteiger partial charge in [0.2, 0.25) is 0 Å². The molecule has 2 rings (SSSR count). The summed E-state index contributed by atoms with van der Waals surface area (Å²) in [4.78, 5) is 11.3. The Hall–Kier alpha value is -1.94. The molecule has 0 aromatic carbocycles. The first kappa shape index (κ1) is 14.5. The minimum atomic E-state index is 0.785. The van der Waals surface area contributed by atoms with Crippen molar-refractivity contribution in [3.05, 3.63) is 53.5 Å². The lowest BCUT2D eigenvalue weighted by atomic mass is 10.2. The van der Waals surface area contributed by atoms with Crippen LogP contribution in [0.15, 0.2) is 36.5 Å². The van der Waals surface area contributed by atoms with E-state index in [9.17, 15) is 0 Å². The van der Waals surface area contributed by atoms with Gasteiger partial charge in [0, 0.05) is 25.0 Å². The van der Waals surface area contributed by atoms with Crippen LogP contribution < -0.4 is 10.2 Å². The number of rotatable bonds is 6. The van der Waals surface area contributed by atoms with Crippen molar-refractivity contribution in [3.8, 4) is 0 Å². The third-order valence-electron chi connectivity index (χ3n) is 3.17. The van der Waals surface area contributed by atoms with Crippen LogP contribution in [0, 0.1) is 6.92 Å². The fourth-order valence-corrected chi connectivity index (χ4v) is 2.23. The minimum Gasteiger partial charge on any atom is -0.351 e. The van der Waals surface area contributed by atoms with E-state index in [4.69, 9.17) is 0 Å². The van der Waals surface area contributed by atoms with Crippen molar-refractivity contribution < 1.29 is 0 Å². The Morgan fingerprint density at radius 1 is 1.25 bits per heavy atom. The van der Waals surface area contributed by atoms with Gasteiger partial charge in [-0.15, -0.1) is 0 Å². The van der Waals surface area contributed by atoms with Gasteiger partial charge in [-0.25, -0.2) is 4.98 Å². The van der Waals surface area contributed by atoms with E-state index in [1.807, 2.05) is 38.4 Å². The SMILES string of the molecule is CCN(Cc1ccccn1)c1cc(CNC)cc(C)n1. The van der Waals surface area contributed by atoms with Gasteiger partial charge in [-0.3, -0.25) is 4.98 Å². The van der Waals surface area contributed by atoms with Crippen LogP contribution in [0.1, 0.15) is 23.9 Å². The lowest BCUT2D eigenvalue weighted by Gasteiger charge is -2.22. The maximum absolute atomic E-state index is 4.65. The Morgan fingerprint density at radius 2 is 2.10 bits per heavy atom. The molecule has 0 unspecified atom stereocenters. The highest BCUT2D eigenvalue weighted by Gasteiger charge is 2.09. The summed E-state index contributed by atoms with van der Waals surface area (Å²) in [6.45, 7) is 6.73. The predicted molar refractivity (Wildman–Crippen MR) is 82.7 cm³/mol. The van der Waals surface area contributed by atoms with Gasteiger partial charge in [-0.1, -0.05) is 6.07 Å². The van der Waals surface area contributed by atoms with Crippen LogP contribution in [0.5, 0.6) is 0 Å². The van der Waals surface area contributed by atoms with Crippen molar-refractivity contribution in [1.29, 1.82) is 0 Å². The average molecular weight is 270 g/mol. The van der Waals surface area contributed by atoms with Gasteiger partial charge in [0.05, 0.1) is 12.2 Å². The number of nitrogens with zero attached hydrogens (tertiary/aromatic N) is 3. The van der Waals surface area contributed by atoms with Crippen LogP contribution in [0.25, 0.3) is 0 Å². The fourth-order valence-electron chi connectivity index (χ4n) is 2.23. The summed E-state index contributed by atoms with van der Waals surface area (Å²) < 4.78 is 0. The Kier molecular flexibility index (Phi) is 5.07. The zero-order valence-corrected chi connectivity index (χ0v) is 12.4. The van der Waals surface area contributed by atoms with Gasteiger partial charge in [-0.2, -0.15) is 0 Å². The summed E-state index contributed by atoms with van der Waals surface area (Å²) >= 11 is 0. The van der Waals surface area contributed by atoms with Crippen molar-refractivity contribution in [1.82, 2.24) is 15.3 Å². The number of aryl methyl sites for hydroxylation is 1. The normalized spacial score (nSPS) is 10.6. The molecule has 2 aromatic heterocycles. The Labute approximate surface area is 120 Å². The molecule has 2 heterocycles. The lowest BCUT2D eigenvalue weighted by molar-refractivity contribution is 0.779. The molecule has 0 fully saturated rings. The molecular weight excluding hydrogens is 248 g/mol. The van der Waals surface area contributed by atoms with Crippen LogP contribution >= 0.6 is 0 Å². The van der Waals surface area contributed by atoms with E-state index in [0.717, 1.165) is 36.8 Å². The summed E-state index contributed by atoms with van der Waals surface area (Å²) in [5.41, 5.74) is 3.37. The van der Waals surface area contributed by atoms with Crippen molar-refractivity contribution in [2.75, 3.05) is 18.5 Å². The first-order chi connectivity index (χ1) is 9.72. The Morgan fingerprint density at radius 3 is 2.75 bits per heavy atom. The molecule has 4 nitrogen and oxygen atoms in total. The third kappa shape index (κ3) is 3.78. The van der Waals surface area contributed by atoms with E-state index in [1.54, 1.807) is 0 Å². The first-order valence-electron chi connectivity index (χ1n) is 7.00.